The van der Waals surface area contributed by atoms with Crippen LogP contribution in [0, 0.1) is 0 Å². The van der Waals surface area contributed by atoms with Gasteiger partial charge in [-0.2, -0.15) is 0 Å². The van der Waals surface area contributed by atoms with Crippen LogP contribution in [-0.4, -0.2) is 11.2 Å². The summed E-state index contributed by atoms with van der Waals surface area (Å²) >= 11 is 0. The van der Waals surface area contributed by atoms with Crippen LogP contribution in [0.4, 0.5) is 0 Å². The van der Waals surface area contributed by atoms with Gasteiger partial charge in [0.05, 0.1) is 0 Å². The molecule has 78 valence electrons. The van der Waals surface area contributed by atoms with Crippen molar-refractivity contribution in [2.24, 2.45) is 0 Å². The van der Waals surface area contributed by atoms with Gasteiger partial charge in [-0.15, -0.1) is 6.58 Å². The van der Waals surface area contributed by atoms with Gasteiger partial charge in [-0.1, -0.05) is 36.4 Å². The van der Waals surface area contributed by atoms with Gasteiger partial charge in [-0.3, -0.25) is 0 Å². The molecule has 0 spiro atoms. The lowest BCUT2D eigenvalue weighted by molar-refractivity contribution is -0.0439. The van der Waals surface area contributed by atoms with Crippen LogP contribution in [0.15, 0.2) is 55.0 Å². The lowest BCUT2D eigenvalue weighted by Crippen LogP contribution is -2.08. The van der Waals surface area contributed by atoms with E-state index in [0.717, 1.165) is 5.56 Å². The standard InChI is InChI=1S/C12H12O3/c1-2-10(13)11-8-14-12(15-11)9-6-4-3-5-7-9/h2-8,10,12-13H,1H2. The van der Waals surface area contributed by atoms with E-state index in [0.29, 0.717) is 5.76 Å². The quantitative estimate of drug-likeness (QED) is 0.766. The molecule has 0 bridgehead atoms. The Morgan fingerprint density at radius 3 is 2.73 bits per heavy atom. The van der Waals surface area contributed by atoms with Gasteiger partial charge in [0, 0.05) is 5.56 Å². The highest BCUT2D eigenvalue weighted by molar-refractivity contribution is 5.19. The number of aliphatic hydroxyl groups is 1. The minimum Gasteiger partial charge on any atom is -0.455 e. The highest BCUT2D eigenvalue weighted by atomic mass is 16.7. The van der Waals surface area contributed by atoms with Crippen molar-refractivity contribution in [3.8, 4) is 0 Å². The van der Waals surface area contributed by atoms with Crippen molar-refractivity contribution >= 4 is 0 Å². The van der Waals surface area contributed by atoms with E-state index < -0.39 is 12.4 Å². The molecule has 1 N–H and O–H groups in total. The Morgan fingerprint density at radius 2 is 2.07 bits per heavy atom. The summed E-state index contributed by atoms with van der Waals surface area (Å²) in [6.45, 7) is 3.48. The van der Waals surface area contributed by atoms with Gasteiger partial charge >= 0.3 is 0 Å². The maximum absolute atomic E-state index is 9.43. The van der Waals surface area contributed by atoms with E-state index in [1.165, 1.54) is 12.3 Å². The van der Waals surface area contributed by atoms with Gasteiger partial charge in [0.2, 0.25) is 0 Å². The summed E-state index contributed by atoms with van der Waals surface area (Å²) in [6, 6.07) is 9.54. The molecule has 1 aliphatic rings. The van der Waals surface area contributed by atoms with E-state index in [1.807, 2.05) is 30.3 Å². The molecule has 3 nitrogen and oxygen atoms in total. The smallest absolute Gasteiger partial charge is 0.266 e. The van der Waals surface area contributed by atoms with Crippen molar-refractivity contribution in [2.75, 3.05) is 0 Å². The maximum atomic E-state index is 9.43. The molecule has 2 unspecified atom stereocenters. The number of ether oxygens (including phenoxy) is 2. The molecular weight excluding hydrogens is 192 g/mol. The third kappa shape index (κ3) is 2.02. The highest BCUT2D eigenvalue weighted by Gasteiger charge is 2.24. The summed E-state index contributed by atoms with van der Waals surface area (Å²) in [4.78, 5) is 0. The molecule has 1 aliphatic heterocycles. The van der Waals surface area contributed by atoms with Crippen molar-refractivity contribution in [1.82, 2.24) is 0 Å². The van der Waals surface area contributed by atoms with Gasteiger partial charge in [-0.25, -0.2) is 0 Å². The first-order chi connectivity index (χ1) is 7.31. The Balaban J connectivity index is 2.05. The minimum atomic E-state index is -0.807. The van der Waals surface area contributed by atoms with E-state index in [-0.39, 0.29) is 0 Å². The molecule has 1 heterocycles. The molecule has 0 saturated carbocycles. The molecule has 1 aromatic rings. The van der Waals surface area contributed by atoms with Crippen LogP contribution in [0.3, 0.4) is 0 Å². The fourth-order valence-corrected chi connectivity index (χ4v) is 1.32. The average molecular weight is 204 g/mol. The lowest BCUT2D eigenvalue weighted by Gasteiger charge is -2.12. The second-order valence-electron chi connectivity index (χ2n) is 3.20. The van der Waals surface area contributed by atoms with Crippen LogP contribution in [0.25, 0.3) is 0 Å². The summed E-state index contributed by atoms with van der Waals surface area (Å²) in [5.41, 5.74) is 0.917. The van der Waals surface area contributed by atoms with Gasteiger partial charge in [0.15, 0.2) is 5.76 Å². The zero-order valence-electron chi connectivity index (χ0n) is 8.17. The molecule has 2 atom stereocenters. The molecular formula is C12H12O3. The summed E-state index contributed by atoms with van der Waals surface area (Å²) in [5, 5.41) is 9.43. The van der Waals surface area contributed by atoms with Gasteiger partial charge in [0.25, 0.3) is 6.29 Å². The van der Waals surface area contributed by atoms with E-state index in [4.69, 9.17) is 9.47 Å². The number of aliphatic hydroxyl groups excluding tert-OH is 1. The maximum Gasteiger partial charge on any atom is 0.266 e. The van der Waals surface area contributed by atoms with Crippen molar-refractivity contribution < 1.29 is 14.6 Å². The van der Waals surface area contributed by atoms with Crippen molar-refractivity contribution in [2.45, 2.75) is 12.4 Å². The lowest BCUT2D eigenvalue weighted by atomic mass is 10.2. The van der Waals surface area contributed by atoms with Crippen LogP contribution in [0.5, 0.6) is 0 Å². The Morgan fingerprint density at radius 1 is 1.33 bits per heavy atom. The highest BCUT2D eigenvalue weighted by Crippen LogP contribution is 2.29. The van der Waals surface area contributed by atoms with E-state index >= 15 is 0 Å². The first-order valence-electron chi connectivity index (χ1n) is 4.69. The second-order valence-corrected chi connectivity index (χ2v) is 3.20. The molecule has 1 aromatic carbocycles. The SMILES string of the molecule is C=CC(O)C1=COC(c2ccccc2)O1. The first-order valence-corrected chi connectivity index (χ1v) is 4.69. The van der Waals surface area contributed by atoms with E-state index in [1.54, 1.807) is 0 Å². The number of hydrogen-bond donors (Lipinski definition) is 1. The fraction of sp³-hybridized carbons (Fsp3) is 0.167. The second kappa shape index (κ2) is 4.19. The van der Waals surface area contributed by atoms with E-state index in [2.05, 4.69) is 6.58 Å². The summed E-state index contributed by atoms with van der Waals surface area (Å²) in [7, 11) is 0. The monoisotopic (exact) mass is 204 g/mol. The van der Waals surface area contributed by atoms with E-state index in [9.17, 15) is 5.11 Å². The predicted molar refractivity (Wildman–Crippen MR) is 55.6 cm³/mol. The zero-order valence-corrected chi connectivity index (χ0v) is 8.17. The molecule has 0 aliphatic carbocycles. The number of benzene rings is 1. The molecule has 0 saturated heterocycles. The first kappa shape index (κ1) is 9.80. The van der Waals surface area contributed by atoms with Gasteiger partial charge in [-0.05, 0) is 0 Å². The molecule has 3 heteroatoms. The van der Waals surface area contributed by atoms with Crippen LogP contribution in [0.1, 0.15) is 11.9 Å². The summed E-state index contributed by atoms with van der Waals surface area (Å²) in [6.07, 6.45) is 1.54. The third-order valence-electron chi connectivity index (χ3n) is 2.14. The Bertz CT molecular complexity index is 370. The molecule has 0 radical (unpaired) electrons. The summed E-state index contributed by atoms with van der Waals surface area (Å²) in [5.74, 6) is 0.388. The Hall–Kier alpha value is -1.74. The van der Waals surface area contributed by atoms with Crippen molar-refractivity contribution in [1.29, 1.82) is 0 Å². The van der Waals surface area contributed by atoms with Gasteiger partial charge in [0.1, 0.15) is 12.4 Å². The normalized spacial score (nSPS) is 21.1. The fourth-order valence-electron chi connectivity index (χ4n) is 1.32. The Labute approximate surface area is 88.3 Å². The number of hydrogen-bond acceptors (Lipinski definition) is 3. The van der Waals surface area contributed by atoms with Crippen molar-refractivity contribution in [3.05, 3.63) is 60.6 Å². The largest absolute Gasteiger partial charge is 0.455 e. The van der Waals surface area contributed by atoms with Crippen LogP contribution >= 0.6 is 0 Å². The van der Waals surface area contributed by atoms with Crippen molar-refractivity contribution in [3.63, 3.8) is 0 Å². The minimum absolute atomic E-state index is 0.388. The van der Waals surface area contributed by atoms with Crippen LogP contribution in [-0.2, 0) is 9.47 Å². The Kier molecular flexibility index (Phi) is 2.74. The summed E-state index contributed by atoms with van der Waals surface area (Å²) < 4.78 is 10.7. The van der Waals surface area contributed by atoms with Crippen LogP contribution in [0.2, 0.25) is 0 Å². The predicted octanol–water partition coefficient (Wildman–Crippen LogP) is 2.12. The molecule has 2 rings (SSSR count). The number of rotatable bonds is 3. The third-order valence-corrected chi connectivity index (χ3v) is 2.14. The zero-order chi connectivity index (χ0) is 10.7. The molecule has 0 aromatic heterocycles. The average Bonchev–Trinajstić information content (AvgIpc) is 2.78. The van der Waals surface area contributed by atoms with Gasteiger partial charge < -0.3 is 14.6 Å². The van der Waals surface area contributed by atoms with Crippen LogP contribution < -0.4 is 0 Å². The topological polar surface area (TPSA) is 38.7 Å². The molecule has 15 heavy (non-hydrogen) atoms. The molecule has 0 amide bonds. The molecule has 0 fully saturated rings.